The molecule has 2 fully saturated rings. The van der Waals surface area contributed by atoms with Crippen LogP contribution in [0.4, 0.5) is 14.5 Å². The summed E-state index contributed by atoms with van der Waals surface area (Å²) in [5.41, 5.74) is 8.27. The zero-order valence-corrected chi connectivity index (χ0v) is 17.7. The number of nitrogens with zero attached hydrogens (tertiary/aromatic N) is 2. The number of nitrogens with two attached hydrogens (primary N) is 1. The Hall–Kier alpha value is -3.60. The van der Waals surface area contributed by atoms with Crippen molar-refractivity contribution in [2.45, 2.75) is 24.4 Å². The van der Waals surface area contributed by atoms with Gasteiger partial charge < -0.3 is 30.0 Å². The van der Waals surface area contributed by atoms with Gasteiger partial charge >= 0.3 is 0 Å². The molecular formula is C24H20F2N4O4. The van der Waals surface area contributed by atoms with E-state index in [9.17, 15) is 13.9 Å². The molecule has 0 radical (unpaired) electrons. The average molecular weight is 466 g/mol. The van der Waals surface area contributed by atoms with E-state index in [1.54, 1.807) is 36.4 Å². The number of hydrogen-bond donors (Lipinski definition) is 3. The van der Waals surface area contributed by atoms with Crippen LogP contribution in [-0.4, -0.2) is 57.7 Å². The Morgan fingerprint density at radius 3 is 2.50 bits per heavy atom. The Kier molecular flexibility index (Phi) is 4.94. The highest BCUT2D eigenvalue weighted by molar-refractivity contribution is 5.77. The van der Waals surface area contributed by atoms with Gasteiger partial charge in [0.05, 0.1) is 18.7 Å². The molecule has 4 N–H and O–H groups in total. The Morgan fingerprint density at radius 2 is 1.71 bits per heavy atom. The third-order valence-corrected chi connectivity index (χ3v) is 6.11. The van der Waals surface area contributed by atoms with Crippen LogP contribution in [0.5, 0.6) is 6.01 Å². The first-order chi connectivity index (χ1) is 16.5. The molecule has 2 aromatic heterocycles. The standard InChI is InChI=1S/C24H20F2N4O4/c25-15-7-13(27)5-6-14(15)11-1-3-12(4-2-11)20-16(26)8-17-23(29-20)30-24(28-17)34-19-10-33-21-18(31)9-32-22(19)21/h1-8,18-19,21-22,31H,9-10,27H2,(H,28,29,30)/t18-,19-,21-,22-/m1/s1. The van der Waals surface area contributed by atoms with Crippen LogP contribution in [-0.2, 0) is 9.47 Å². The number of aliphatic hydroxyl groups is 1. The van der Waals surface area contributed by atoms with Crippen molar-refractivity contribution in [2.75, 3.05) is 18.9 Å². The summed E-state index contributed by atoms with van der Waals surface area (Å²) in [6, 6.07) is 12.7. The van der Waals surface area contributed by atoms with Crippen molar-refractivity contribution in [2.24, 2.45) is 0 Å². The summed E-state index contributed by atoms with van der Waals surface area (Å²) in [6.45, 7) is 0.437. The van der Waals surface area contributed by atoms with Crippen LogP contribution in [0.1, 0.15) is 0 Å². The van der Waals surface area contributed by atoms with Crippen molar-refractivity contribution >= 4 is 16.9 Å². The van der Waals surface area contributed by atoms with Crippen LogP contribution in [0.2, 0.25) is 0 Å². The summed E-state index contributed by atoms with van der Waals surface area (Å²) in [5.74, 6) is -0.973. The van der Waals surface area contributed by atoms with Crippen molar-refractivity contribution in [3.8, 4) is 28.4 Å². The first kappa shape index (κ1) is 21.0. The first-order valence-corrected chi connectivity index (χ1v) is 10.8. The third kappa shape index (κ3) is 3.56. The van der Waals surface area contributed by atoms with Gasteiger partial charge in [-0.3, -0.25) is 0 Å². The molecule has 10 heteroatoms. The Balaban J connectivity index is 1.26. The molecule has 2 aliphatic rings. The number of hydrogen-bond acceptors (Lipinski definition) is 7. The second-order valence-electron chi connectivity index (χ2n) is 8.37. The predicted octanol–water partition coefficient (Wildman–Crippen LogP) is 3.06. The number of pyridine rings is 1. The van der Waals surface area contributed by atoms with Gasteiger partial charge in [-0.1, -0.05) is 24.3 Å². The van der Waals surface area contributed by atoms with Gasteiger partial charge in [-0.15, -0.1) is 0 Å². The quantitative estimate of drug-likeness (QED) is 0.396. The van der Waals surface area contributed by atoms with Crippen LogP contribution in [0, 0.1) is 11.6 Å². The summed E-state index contributed by atoms with van der Waals surface area (Å²) in [4.78, 5) is 11.6. The molecule has 0 spiro atoms. The molecule has 4 aromatic rings. The van der Waals surface area contributed by atoms with Gasteiger partial charge in [-0.2, -0.15) is 4.98 Å². The molecule has 4 atom stereocenters. The van der Waals surface area contributed by atoms with Crippen LogP contribution in [0.25, 0.3) is 33.5 Å². The lowest BCUT2D eigenvalue weighted by molar-refractivity contribution is 0.00706. The monoisotopic (exact) mass is 466 g/mol. The Labute approximate surface area is 192 Å². The number of aliphatic hydroxyl groups excluding tert-OH is 1. The number of nitrogens with one attached hydrogen (secondary N) is 1. The molecule has 0 bridgehead atoms. The fourth-order valence-corrected chi connectivity index (χ4v) is 4.42. The molecular weight excluding hydrogens is 446 g/mol. The number of halogens is 2. The highest BCUT2D eigenvalue weighted by Gasteiger charge is 2.48. The van der Waals surface area contributed by atoms with E-state index in [1.807, 2.05) is 0 Å². The van der Waals surface area contributed by atoms with Gasteiger partial charge in [0.1, 0.15) is 29.8 Å². The van der Waals surface area contributed by atoms with E-state index in [4.69, 9.17) is 19.9 Å². The summed E-state index contributed by atoms with van der Waals surface area (Å²) in [6.07, 6.45) is -1.96. The largest absolute Gasteiger partial charge is 0.456 e. The van der Waals surface area contributed by atoms with E-state index in [0.717, 1.165) is 0 Å². The second kappa shape index (κ2) is 8.01. The molecule has 0 saturated carbocycles. The third-order valence-electron chi connectivity index (χ3n) is 6.11. The summed E-state index contributed by atoms with van der Waals surface area (Å²) in [5, 5.41) is 9.87. The van der Waals surface area contributed by atoms with Crippen molar-refractivity contribution in [3.05, 3.63) is 60.2 Å². The zero-order valence-electron chi connectivity index (χ0n) is 17.7. The number of ether oxygens (including phenoxy) is 3. The van der Waals surface area contributed by atoms with Crippen LogP contribution in [0.3, 0.4) is 0 Å². The maximum absolute atomic E-state index is 14.9. The topological polar surface area (TPSA) is 116 Å². The van der Waals surface area contributed by atoms with Gasteiger partial charge in [0, 0.05) is 22.9 Å². The van der Waals surface area contributed by atoms with Gasteiger partial charge in [0.15, 0.2) is 17.6 Å². The maximum Gasteiger partial charge on any atom is 0.296 e. The van der Waals surface area contributed by atoms with Gasteiger partial charge in [0.25, 0.3) is 6.01 Å². The summed E-state index contributed by atoms with van der Waals surface area (Å²) < 4.78 is 46.1. The molecule has 0 aliphatic carbocycles. The number of rotatable bonds is 4. The number of anilines is 1. The fraction of sp³-hybridized carbons (Fsp3) is 0.250. The minimum Gasteiger partial charge on any atom is -0.456 e. The summed E-state index contributed by atoms with van der Waals surface area (Å²) >= 11 is 0. The number of aromatic amines is 1. The second-order valence-corrected chi connectivity index (χ2v) is 8.37. The molecule has 2 saturated heterocycles. The number of H-pyrrole nitrogens is 1. The highest BCUT2D eigenvalue weighted by Crippen LogP contribution is 2.31. The van der Waals surface area contributed by atoms with Crippen molar-refractivity contribution in [1.29, 1.82) is 0 Å². The SMILES string of the molecule is Nc1ccc(-c2ccc(-c3nc4nc(O[C@@H]5CO[C@H]6[C@@H]5OC[C@H]6O)[nH]c4cc3F)cc2)c(F)c1. The minimum absolute atomic E-state index is 0.112. The van der Waals surface area contributed by atoms with Crippen molar-refractivity contribution in [1.82, 2.24) is 15.0 Å². The van der Waals surface area contributed by atoms with E-state index in [1.165, 1.54) is 12.1 Å². The lowest BCUT2D eigenvalue weighted by Gasteiger charge is -2.15. The number of fused-ring (bicyclic) bond motifs is 2. The smallest absolute Gasteiger partial charge is 0.296 e. The average Bonchev–Trinajstić information content (AvgIpc) is 3.50. The molecule has 0 unspecified atom stereocenters. The predicted molar refractivity (Wildman–Crippen MR) is 119 cm³/mol. The van der Waals surface area contributed by atoms with Crippen molar-refractivity contribution < 1.29 is 28.1 Å². The molecule has 8 nitrogen and oxygen atoms in total. The lowest BCUT2D eigenvalue weighted by Crippen LogP contribution is -2.34. The molecule has 34 heavy (non-hydrogen) atoms. The van der Waals surface area contributed by atoms with Crippen LogP contribution < -0.4 is 10.5 Å². The van der Waals surface area contributed by atoms with Crippen LogP contribution in [0.15, 0.2) is 48.5 Å². The van der Waals surface area contributed by atoms with Crippen LogP contribution >= 0.6 is 0 Å². The lowest BCUT2D eigenvalue weighted by atomic mass is 10.0. The van der Waals surface area contributed by atoms with E-state index in [2.05, 4.69) is 15.0 Å². The first-order valence-electron chi connectivity index (χ1n) is 10.8. The number of aromatic nitrogens is 3. The number of nitrogen functional groups attached to an aromatic ring is 1. The Morgan fingerprint density at radius 1 is 0.941 bits per heavy atom. The van der Waals surface area contributed by atoms with E-state index >= 15 is 0 Å². The fourth-order valence-electron chi connectivity index (χ4n) is 4.42. The van der Waals surface area contributed by atoms with Gasteiger partial charge in [0.2, 0.25) is 0 Å². The maximum atomic E-state index is 14.9. The number of imidazole rings is 1. The molecule has 174 valence electrons. The zero-order chi connectivity index (χ0) is 23.4. The van der Waals surface area contributed by atoms with E-state index in [0.29, 0.717) is 27.9 Å². The molecule has 6 rings (SSSR count). The van der Waals surface area contributed by atoms with Gasteiger partial charge in [-0.05, 0) is 23.8 Å². The Bertz CT molecular complexity index is 1380. The normalized spacial score (nSPS) is 24.0. The molecule has 2 aliphatic heterocycles. The van der Waals surface area contributed by atoms with E-state index < -0.39 is 36.1 Å². The van der Waals surface area contributed by atoms with Crippen molar-refractivity contribution in [3.63, 3.8) is 0 Å². The molecule has 4 heterocycles. The van der Waals surface area contributed by atoms with E-state index in [-0.39, 0.29) is 30.6 Å². The molecule has 0 amide bonds. The minimum atomic E-state index is -0.685. The van der Waals surface area contributed by atoms with Gasteiger partial charge in [-0.25, -0.2) is 13.8 Å². The molecule has 2 aromatic carbocycles. The highest BCUT2D eigenvalue weighted by atomic mass is 19.1. The number of benzene rings is 2. The summed E-state index contributed by atoms with van der Waals surface area (Å²) in [7, 11) is 0.